The fraction of sp³-hybridized carbons (Fsp3) is 0.325. The lowest BCUT2D eigenvalue weighted by molar-refractivity contribution is 0.594. The third kappa shape index (κ3) is 5.97. The van der Waals surface area contributed by atoms with Crippen molar-refractivity contribution in [3.05, 3.63) is 95.1 Å². The number of para-hydroxylation sites is 1. The van der Waals surface area contributed by atoms with Gasteiger partial charge in [-0.3, -0.25) is 0 Å². The van der Waals surface area contributed by atoms with Crippen molar-refractivity contribution < 1.29 is 0 Å². The summed E-state index contributed by atoms with van der Waals surface area (Å²) in [5.41, 5.74) is 10.9. The van der Waals surface area contributed by atoms with Crippen molar-refractivity contribution in [2.75, 3.05) is 5.32 Å². The van der Waals surface area contributed by atoms with E-state index in [1.54, 1.807) is 0 Å². The van der Waals surface area contributed by atoms with Crippen LogP contribution >= 0.6 is 12.6 Å². The summed E-state index contributed by atoms with van der Waals surface area (Å²) in [4.78, 5) is 6.41. The van der Waals surface area contributed by atoms with E-state index < -0.39 is 0 Å². The number of aromatic nitrogens is 2. The normalized spacial score (nSPS) is 11.7. The van der Waals surface area contributed by atoms with Crippen LogP contribution in [0.2, 0.25) is 0 Å². The highest BCUT2D eigenvalue weighted by molar-refractivity contribution is 7.80. The van der Waals surface area contributed by atoms with Gasteiger partial charge in [-0.05, 0) is 104 Å². The topological polar surface area (TPSA) is 29.9 Å². The molecule has 0 saturated carbocycles. The Morgan fingerprint density at radius 3 is 2.23 bits per heavy atom. The summed E-state index contributed by atoms with van der Waals surface area (Å²) in [7, 11) is 0. The standard InChI is InChI=1S/C40H45N3S/c1-6-8-10-11-20-43-36-15-12-14-35(39(36)42-40(43)37-27(4)21-26(3)22-28(37)5)41-38-33-23-29(13-9-7-2)16-17-30(33)24-31-18-19-32(44)25-34(31)38/h12,14-19,21-25,41,44H,6-11,13,20H2,1-5H3. The lowest BCUT2D eigenvalue weighted by Gasteiger charge is -2.16. The lowest BCUT2D eigenvalue weighted by Crippen LogP contribution is -2.03. The molecule has 3 nitrogen and oxygen atoms in total. The maximum Gasteiger partial charge on any atom is 0.141 e. The molecular formula is C40H45N3S. The number of nitrogens with zero attached hydrogens (tertiary/aromatic N) is 2. The first-order valence-electron chi connectivity index (χ1n) is 16.4. The second kappa shape index (κ2) is 13.1. The monoisotopic (exact) mass is 599 g/mol. The molecule has 4 heteroatoms. The van der Waals surface area contributed by atoms with Crippen molar-refractivity contribution in [3.63, 3.8) is 0 Å². The van der Waals surface area contributed by atoms with Gasteiger partial charge in [0, 0.05) is 27.8 Å². The second-order valence-electron chi connectivity index (χ2n) is 12.5. The maximum absolute atomic E-state index is 5.45. The minimum absolute atomic E-state index is 0.961. The van der Waals surface area contributed by atoms with Gasteiger partial charge in [0.15, 0.2) is 0 Å². The number of benzene rings is 5. The molecule has 0 amide bonds. The summed E-state index contributed by atoms with van der Waals surface area (Å²) in [6, 6.07) is 26.9. The molecule has 44 heavy (non-hydrogen) atoms. The number of hydrogen-bond acceptors (Lipinski definition) is 3. The van der Waals surface area contributed by atoms with E-state index in [0.29, 0.717) is 0 Å². The molecule has 0 aliphatic rings. The van der Waals surface area contributed by atoms with Crippen molar-refractivity contribution in [1.82, 2.24) is 9.55 Å². The maximum atomic E-state index is 5.45. The van der Waals surface area contributed by atoms with Gasteiger partial charge in [-0.25, -0.2) is 4.98 Å². The van der Waals surface area contributed by atoms with E-state index in [1.807, 2.05) is 0 Å². The second-order valence-corrected chi connectivity index (χ2v) is 13.1. The van der Waals surface area contributed by atoms with E-state index in [9.17, 15) is 0 Å². The first kappa shape index (κ1) is 30.3. The van der Waals surface area contributed by atoms with Gasteiger partial charge in [-0.15, -0.1) is 12.6 Å². The van der Waals surface area contributed by atoms with Crippen LogP contribution in [0.5, 0.6) is 0 Å². The van der Waals surface area contributed by atoms with Crippen LogP contribution in [-0.2, 0) is 13.0 Å². The van der Waals surface area contributed by atoms with Crippen LogP contribution in [-0.4, -0.2) is 9.55 Å². The summed E-state index contributed by atoms with van der Waals surface area (Å²) >= 11 is 4.74. The summed E-state index contributed by atoms with van der Waals surface area (Å²) < 4.78 is 2.47. The number of rotatable bonds is 11. The highest BCUT2D eigenvalue weighted by Gasteiger charge is 2.20. The fourth-order valence-corrected chi connectivity index (χ4v) is 7.05. The lowest BCUT2D eigenvalue weighted by atomic mass is 9.97. The molecule has 0 spiro atoms. The molecule has 0 unspecified atom stereocenters. The number of nitrogens with one attached hydrogen (secondary N) is 1. The van der Waals surface area contributed by atoms with E-state index in [1.165, 1.54) is 87.0 Å². The third-order valence-electron chi connectivity index (χ3n) is 9.00. The van der Waals surface area contributed by atoms with Crippen LogP contribution in [0, 0.1) is 20.8 Å². The minimum Gasteiger partial charge on any atom is -0.353 e. The Kier molecular flexibility index (Phi) is 9.00. The highest BCUT2D eigenvalue weighted by atomic mass is 32.1. The zero-order chi connectivity index (χ0) is 30.8. The van der Waals surface area contributed by atoms with Crippen molar-refractivity contribution in [2.24, 2.45) is 0 Å². The van der Waals surface area contributed by atoms with Crippen LogP contribution in [0.25, 0.3) is 44.0 Å². The Morgan fingerprint density at radius 2 is 1.48 bits per heavy atom. The van der Waals surface area contributed by atoms with Crippen LogP contribution < -0.4 is 5.32 Å². The number of imidazole rings is 1. The van der Waals surface area contributed by atoms with Gasteiger partial charge in [0.1, 0.15) is 11.3 Å². The molecule has 1 aromatic heterocycles. The van der Waals surface area contributed by atoms with Gasteiger partial charge in [0.25, 0.3) is 0 Å². The van der Waals surface area contributed by atoms with E-state index in [0.717, 1.165) is 47.0 Å². The zero-order valence-corrected chi connectivity index (χ0v) is 27.8. The number of thiol groups is 1. The van der Waals surface area contributed by atoms with Crippen LogP contribution in [0.3, 0.4) is 0 Å². The number of anilines is 2. The van der Waals surface area contributed by atoms with Gasteiger partial charge in [-0.2, -0.15) is 0 Å². The number of aryl methyl sites for hydroxylation is 5. The van der Waals surface area contributed by atoms with Crippen molar-refractivity contribution in [3.8, 4) is 11.4 Å². The number of unbranched alkanes of at least 4 members (excludes halogenated alkanes) is 4. The van der Waals surface area contributed by atoms with E-state index in [2.05, 4.69) is 117 Å². The summed E-state index contributed by atoms with van der Waals surface area (Å²) in [5.74, 6) is 1.07. The Hall–Kier alpha value is -3.76. The van der Waals surface area contributed by atoms with Gasteiger partial charge in [0.2, 0.25) is 0 Å². The van der Waals surface area contributed by atoms with E-state index in [-0.39, 0.29) is 0 Å². The zero-order valence-electron chi connectivity index (χ0n) is 26.9. The van der Waals surface area contributed by atoms with Gasteiger partial charge >= 0.3 is 0 Å². The number of hydrogen-bond donors (Lipinski definition) is 2. The Balaban J connectivity index is 1.55. The van der Waals surface area contributed by atoms with Crippen molar-refractivity contribution in [2.45, 2.75) is 91.0 Å². The first-order valence-corrected chi connectivity index (χ1v) is 16.9. The number of fused-ring (bicyclic) bond motifs is 3. The van der Waals surface area contributed by atoms with Crippen LogP contribution in [0.4, 0.5) is 11.4 Å². The van der Waals surface area contributed by atoms with E-state index in [4.69, 9.17) is 17.6 Å². The van der Waals surface area contributed by atoms with Gasteiger partial charge in [0.05, 0.1) is 16.9 Å². The molecule has 6 aromatic rings. The fourth-order valence-electron chi connectivity index (χ4n) is 6.85. The molecule has 6 rings (SSSR count). The Bertz CT molecular complexity index is 1940. The molecular weight excluding hydrogens is 555 g/mol. The molecule has 0 atom stereocenters. The molecule has 1 N–H and O–H groups in total. The smallest absolute Gasteiger partial charge is 0.141 e. The molecule has 0 bridgehead atoms. The molecule has 5 aromatic carbocycles. The summed E-state index contributed by atoms with van der Waals surface area (Å²) in [5, 5.41) is 8.81. The summed E-state index contributed by atoms with van der Waals surface area (Å²) in [6.07, 6.45) is 8.34. The SMILES string of the molecule is CCCCCCn1c(-c2c(C)cc(C)cc2C)nc2c(Nc3c4cc(S)ccc4cc4ccc(CCCC)cc34)cccc21. The molecule has 0 aliphatic carbocycles. The highest BCUT2D eigenvalue weighted by Crippen LogP contribution is 2.40. The van der Waals surface area contributed by atoms with Crippen molar-refractivity contribution >= 4 is 56.6 Å². The Labute approximate surface area is 268 Å². The average molecular weight is 600 g/mol. The predicted molar refractivity (Wildman–Crippen MR) is 194 cm³/mol. The van der Waals surface area contributed by atoms with Crippen LogP contribution in [0.1, 0.15) is 74.6 Å². The van der Waals surface area contributed by atoms with Crippen LogP contribution in [0.15, 0.2) is 77.7 Å². The van der Waals surface area contributed by atoms with Gasteiger partial charge in [-0.1, -0.05) is 81.5 Å². The average Bonchev–Trinajstić information content (AvgIpc) is 3.36. The molecule has 1 heterocycles. The predicted octanol–water partition coefficient (Wildman–Crippen LogP) is 11.9. The summed E-state index contributed by atoms with van der Waals surface area (Å²) in [6.45, 7) is 12.1. The van der Waals surface area contributed by atoms with E-state index >= 15 is 0 Å². The quantitative estimate of drug-likeness (QED) is 0.0881. The molecule has 226 valence electrons. The molecule has 0 saturated heterocycles. The largest absolute Gasteiger partial charge is 0.353 e. The van der Waals surface area contributed by atoms with Gasteiger partial charge < -0.3 is 9.88 Å². The minimum atomic E-state index is 0.961. The Morgan fingerprint density at radius 1 is 0.750 bits per heavy atom. The molecule has 0 radical (unpaired) electrons. The molecule has 0 fully saturated rings. The molecule has 0 aliphatic heterocycles. The van der Waals surface area contributed by atoms with Crippen molar-refractivity contribution in [1.29, 1.82) is 0 Å². The first-order chi connectivity index (χ1) is 21.4. The third-order valence-corrected chi connectivity index (χ3v) is 9.28.